The van der Waals surface area contributed by atoms with Crippen LogP contribution in [0.5, 0.6) is 0 Å². The van der Waals surface area contributed by atoms with Crippen LogP contribution in [0.1, 0.15) is 30.3 Å². The molecule has 8 heteroatoms. The number of carbonyl (C=O) groups excluding carboxylic acids is 1. The Kier molecular flexibility index (Phi) is 8.70. The molecule has 1 amide bonds. The van der Waals surface area contributed by atoms with Crippen molar-refractivity contribution in [3.05, 3.63) is 24.2 Å². The van der Waals surface area contributed by atoms with Crippen LogP contribution in [0.25, 0.3) is 0 Å². The van der Waals surface area contributed by atoms with E-state index in [9.17, 15) is 4.79 Å². The van der Waals surface area contributed by atoms with Crippen molar-refractivity contribution in [3.8, 4) is 0 Å². The van der Waals surface area contributed by atoms with E-state index < -0.39 is 0 Å². The van der Waals surface area contributed by atoms with Crippen LogP contribution in [-0.2, 0) is 4.74 Å². The number of hydrogen-bond donors (Lipinski definition) is 1. The number of aliphatic imine (C=N–C) groups is 1. The molecular weight excluding hydrogens is 447 g/mol. The fourth-order valence-electron chi connectivity index (χ4n) is 2.85. The zero-order chi connectivity index (χ0) is 17.5. The SMILES string of the molecule is CCNC(=NCCOCC1CC1)N1CCN(C(=O)c2ccco2)CC1.I. The average molecular weight is 476 g/mol. The third kappa shape index (κ3) is 6.15. The molecule has 1 aliphatic carbocycles. The topological polar surface area (TPSA) is 70.3 Å². The number of amides is 1. The molecule has 1 aliphatic heterocycles. The molecule has 0 bridgehead atoms. The van der Waals surface area contributed by atoms with E-state index in [0.717, 1.165) is 38.1 Å². The van der Waals surface area contributed by atoms with Gasteiger partial charge in [-0.3, -0.25) is 9.79 Å². The first-order valence-corrected chi connectivity index (χ1v) is 9.21. The van der Waals surface area contributed by atoms with Crippen LogP contribution in [0, 0.1) is 5.92 Å². The van der Waals surface area contributed by atoms with Crippen molar-refractivity contribution in [2.24, 2.45) is 10.9 Å². The second kappa shape index (κ2) is 10.8. The number of guanidine groups is 1. The van der Waals surface area contributed by atoms with Crippen LogP contribution >= 0.6 is 24.0 Å². The minimum Gasteiger partial charge on any atom is -0.459 e. The van der Waals surface area contributed by atoms with E-state index in [1.54, 1.807) is 12.1 Å². The number of nitrogens with zero attached hydrogens (tertiary/aromatic N) is 3. The molecule has 0 spiro atoms. The zero-order valence-electron chi connectivity index (χ0n) is 15.4. The van der Waals surface area contributed by atoms with Gasteiger partial charge in [-0.2, -0.15) is 0 Å². The summed E-state index contributed by atoms with van der Waals surface area (Å²) >= 11 is 0. The lowest BCUT2D eigenvalue weighted by atomic mass is 10.3. The van der Waals surface area contributed by atoms with Crippen molar-refractivity contribution in [1.82, 2.24) is 15.1 Å². The Morgan fingerprint density at radius 2 is 2.04 bits per heavy atom. The first kappa shape index (κ1) is 21.0. The van der Waals surface area contributed by atoms with Crippen molar-refractivity contribution in [2.75, 3.05) is 52.5 Å². The summed E-state index contributed by atoms with van der Waals surface area (Å²) in [6.45, 7) is 7.97. The number of furan rings is 1. The molecule has 1 saturated heterocycles. The Balaban J connectivity index is 0.00000243. The monoisotopic (exact) mass is 476 g/mol. The van der Waals surface area contributed by atoms with E-state index in [4.69, 9.17) is 9.15 Å². The summed E-state index contributed by atoms with van der Waals surface area (Å²) in [6.07, 6.45) is 4.16. The van der Waals surface area contributed by atoms with Gasteiger partial charge in [0.2, 0.25) is 0 Å². The van der Waals surface area contributed by atoms with Gasteiger partial charge in [-0.1, -0.05) is 0 Å². The highest BCUT2D eigenvalue weighted by Crippen LogP contribution is 2.28. The molecule has 0 atom stereocenters. The second-order valence-electron chi connectivity index (χ2n) is 6.51. The van der Waals surface area contributed by atoms with Gasteiger partial charge in [0.25, 0.3) is 5.91 Å². The number of carbonyl (C=O) groups is 1. The van der Waals surface area contributed by atoms with E-state index in [0.29, 0.717) is 32.0 Å². The summed E-state index contributed by atoms with van der Waals surface area (Å²) < 4.78 is 10.9. The van der Waals surface area contributed by atoms with Gasteiger partial charge in [0.15, 0.2) is 11.7 Å². The molecule has 1 aromatic heterocycles. The molecule has 7 nitrogen and oxygen atoms in total. The quantitative estimate of drug-likeness (QED) is 0.283. The van der Waals surface area contributed by atoms with Gasteiger partial charge in [-0.25, -0.2) is 0 Å². The van der Waals surface area contributed by atoms with Crippen LogP contribution in [0.2, 0.25) is 0 Å². The lowest BCUT2D eigenvalue weighted by Gasteiger charge is -2.36. The molecular formula is C18H29IN4O3. The smallest absolute Gasteiger partial charge is 0.289 e. The van der Waals surface area contributed by atoms with Crippen molar-refractivity contribution >= 4 is 35.8 Å². The van der Waals surface area contributed by atoms with E-state index in [-0.39, 0.29) is 29.9 Å². The number of nitrogens with one attached hydrogen (secondary N) is 1. The Labute approximate surface area is 172 Å². The van der Waals surface area contributed by atoms with Crippen LogP contribution < -0.4 is 5.32 Å². The fraction of sp³-hybridized carbons (Fsp3) is 0.667. The van der Waals surface area contributed by atoms with Crippen LogP contribution in [0.3, 0.4) is 0 Å². The molecule has 146 valence electrons. The molecule has 0 aromatic carbocycles. The summed E-state index contributed by atoms with van der Waals surface area (Å²) in [5.41, 5.74) is 0. The van der Waals surface area contributed by atoms with Crippen LogP contribution in [0.4, 0.5) is 0 Å². The zero-order valence-corrected chi connectivity index (χ0v) is 17.7. The number of hydrogen-bond acceptors (Lipinski definition) is 4. The number of piperazine rings is 1. The molecule has 1 aromatic rings. The third-order valence-electron chi connectivity index (χ3n) is 4.48. The summed E-state index contributed by atoms with van der Waals surface area (Å²) in [7, 11) is 0. The van der Waals surface area contributed by atoms with Gasteiger partial charge < -0.3 is 24.3 Å². The Bertz CT molecular complexity index is 567. The minimum absolute atomic E-state index is 0. The second-order valence-corrected chi connectivity index (χ2v) is 6.51. The predicted octanol–water partition coefficient (Wildman–Crippen LogP) is 2.05. The minimum atomic E-state index is -0.0416. The molecule has 3 rings (SSSR count). The average Bonchev–Trinajstić information content (AvgIpc) is 3.30. The molecule has 1 N–H and O–H groups in total. The Morgan fingerprint density at radius 1 is 1.31 bits per heavy atom. The highest BCUT2D eigenvalue weighted by atomic mass is 127. The summed E-state index contributed by atoms with van der Waals surface area (Å²) in [6, 6.07) is 3.45. The summed E-state index contributed by atoms with van der Waals surface area (Å²) in [4.78, 5) is 21.0. The van der Waals surface area contributed by atoms with Gasteiger partial charge in [-0.05, 0) is 37.8 Å². The first-order valence-electron chi connectivity index (χ1n) is 9.21. The highest BCUT2D eigenvalue weighted by Gasteiger charge is 2.25. The highest BCUT2D eigenvalue weighted by molar-refractivity contribution is 14.0. The third-order valence-corrected chi connectivity index (χ3v) is 4.48. The first-order chi connectivity index (χ1) is 12.3. The maximum Gasteiger partial charge on any atom is 0.289 e. The van der Waals surface area contributed by atoms with E-state index in [2.05, 4.69) is 22.1 Å². The van der Waals surface area contributed by atoms with Crippen molar-refractivity contribution < 1.29 is 13.9 Å². The number of ether oxygens (including phenoxy) is 1. The Hall–Kier alpha value is -1.29. The summed E-state index contributed by atoms with van der Waals surface area (Å²) in [5.74, 6) is 2.06. The Morgan fingerprint density at radius 3 is 2.65 bits per heavy atom. The standard InChI is InChI=1S/C18H28N4O3.HI/c1-2-19-18(20-7-13-24-14-15-5-6-15)22-10-8-21(9-11-22)17(23)16-4-3-12-25-16;/h3-4,12,15H,2,5-11,13-14H2,1H3,(H,19,20);1H. The molecule has 2 aliphatic rings. The van der Waals surface area contributed by atoms with Gasteiger partial charge >= 0.3 is 0 Å². The fourth-order valence-corrected chi connectivity index (χ4v) is 2.85. The van der Waals surface area contributed by atoms with Gasteiger partial charge in [0.1, 0.15) is 0 Å². The van der Waals surface area contributed by atoms with Crippen molar-refractivity contribution in [3.63, 3.8) is 0 Å². The molecule has 0 radical (unpaired) electrons. The number of rotatable bonds is 7. The maximum atomic E-state index is 12.3. The van der Waals surface area contributed by atoms with Gasteiger partial charge in [-0.15, -0.1) is 24.0 Å². The van der Waals surface area contributed by atoms with E-state index in [1.807, 2.05) is 4.90 Å². The predicted molar refractivity (Wildman–Crippen MR) is 111 cm³/mol. The van der Waals surface area contributed by atoms with Gasteiger partial charge in [0.05, 0.1) is 19.4 Å². The lowest BCUT2D eigenvalue weighted by Crippen LogP contribution is -2.53. The normalized spacial score (nSPS) is 17.8. The molecule has 2 heterocycles. The maximum absolute atomic E-state index is 12.3. The molecule has 2 fully saturated rings. The van der Waals surface area contributed by atoms with Crippen LogP contribution in [0.15, 0.2) is 27.8 Å². The molecule has 26 heavy (non-hydrogen) atoms. The summed E-state index contributed by atoms with van der Waals surface area (Å²) in [5, 5.41) is 3.33. The van der Waals surface area contributed by atoms with Gasteiger partial charge in [0, 0.05) is 39.3 Å². The number of halogens is 1. The van der Waals surface area contributed by atoms with Crippen LogP contribution in [-0.4, -0.2) is 74.1 Å². The van der Waals surface area contributed by atoms with Crippen molar-refractivity contribution in [1.29, 1.82) is 0 Å². The molecule has 0 unspecified atom stereocenters. The van der Waals surface area contributed by atoms with E-state index in [1.165, 1.54) is 19.1 Å². The van der Waals surface area contributed by atoms with Crippen molar-refractivity contribution in [2.45, 2.75) is 19.8 Å². The van der Waals surface area contributed by atoms with E-state index >= 15 is 0 Å². The largest absolute Gasteiger partial charge is 0.459 e. The molecule has 1 saturated carbocycles. The lowest BCUT2D eigenvalue weighted by molar-refractivity contribution is 0.0657.